The van der Waals surface area contributed by atoms with Gasteiger partial charge >= 0.3 is 11.9 Å². The zero-order chi connectivity index (χ0) is 27.4. The fraction of sp³-hybridized carbons (Fsp3) is 0.440. The van der Waals surface area contributed by atoms with Gasteiger partial charge in [0.05, 0.1) is 11.9 Å². The molecule has 202 valence electrons. The first kappa shape index (κ1) is 27.7. The number of nitrogens with zero attached hydrogens (tertiary/aromatic N) is 3. The largest absolute Gasteiger partial charge is 0.459 e. The first-order chi connectivity index (χ1) is 18.2. The first-order valence-corrected chi connectivity index (χ1v) is 13.6. The molecule has 4 rings (SSSR count). The van der Waals surface area contributed by atoms with Gasteiger partial charge in [0.2, 0.25) is 11.9 Å². The van der Waals surface area contributed by atoms with Crippen molar-refractivity contribution >= 4 is 57.5 Å². The van der Waals surface area contributed by atoms with Crippen LogP contribution >= 0.6 is 22.6 Å². The van der Waals surface area contributed by atoms with Gasteiger partial charge < -0.3 is 14.2 Å². The van der Waals surface area contributed by atoms with Crippen LogP contribution in [-0.2, 0) is 23.8 Å². The molecule has 0 unspecified atom stereocenters. The molecule has 13 heteroatoms. The van der Waals surface area contributed by atoms with E-state index in [0.29, 0.717) is 12.0 Å². The van der Waals surface area contributed by atoms with Crippen molar-refractivity contribution in [3.05, 3.63) is 52.6 Å². The van der Waals surface area contributed by atoms with Crippen LogP contribution in [0.4, 0.5) is 5.95 Å². The summed E-state index contributed by atoms with van der Waals surface area (Å²) in [5.74, 6) is -2.02. The number of carbonyl (C=O) groups excluding carboxylic acids is 3. The van der Waals surface area contributed by atoms with Crippen molar-refractivity contribution in [3.8, 4) is 0 Å². The van der Waals surface area contributed by atoms with Crippen LogP contribution in [0, 0.1) is 11.8 Å². The van der Waals surface area contributed by atoms with Crippen molar-refractivity contribution in [1.82, 2.24) is 19.5 Å². The minimum Gasteiger partial charge on any atom is -0.459 e. The summed E-state index contributed by atoms with van der Waals surface area (Å²) in [6.45, 7) is 4.66. The van der Waals surface area contributed by atoms with E-state index in [0.717, 1.165) is 4.43 Å². The fourth-order valence-electron chi connectivity index (χ4n) is 4.23. The number of anilines is 1. The van der Waals surface area contributed by atoms with Crippen molar-refractivity contribution in [1.29, 1.82) is 0 Å². The lowest BCUT2D eigenvalue weighted by molar-refractivity contribution is -0.153. The highest BCUT2D eigenvalue weighted by Gasteiger charge is 2.48. The lowest BCUT2D eigenvalue weighted by atomic mass is 9.95. The molecule has 1 fully saturated rings. The lowest BCUT2D eigenvalue weighted by Crippen LogP contribution is -2.33. The highest BCUT2D eigenvalue weighted by Crippen LogP contribution is 2.40. The molecule has 0 bridgehead atoms. The second-order valence-electron chi connectivity index (χ2n) is 9.13. The van der Waals surface area contributed by atoms with E-state index in [9.17, 15) is 19.2 Å². The molecule has 2 N–H and O–H groups in total. The summed E-state index contributed by atoms with van der Waals surface area (Å²) >= 11 is 2.22. The standard InChI is InChI=1S/C25H28IN5O7/c1-13(2)21(33)29-25-28-20-18(22(34)30-25)27-12-31(20)23-19(37-14(3)32)16(9-10-26)17(38-23)11-36-24(35)15-7-5-4-6-8-15/h4-8,12-13,16-17,19,23H,9-11H2,1-3H3,(H2,28,29,30,33,34)/t16-,17-,19-,23-/m1/s1. The number of fused-ring (bicyclic) bond motifs is 1. The summed E-state index contributed by atoms with van der Waals surface area (Å²) < 4.78 is 19.8. The normalized spacial score (nSPS) is 21.0. The SMILES string of the molecule is CC(=O)O[C@@H]1[C@H](CCI)[C@@H](COC(=O)c2ccccc2)O[C@H]1n1cnc2c(=O)[nH]c(NC(=O)C(C)C)nc21. The average molecular weight is 637 g/mol. The molecule has 1 amide bonds. The van der Waals surface area contributed by atoms with E-state index in [-0.39, 0.29) is 41.5 Å². The number of amides is 1. The fourth-order valence-corrected chi connectivity index (χ4v) is 4.95. The maximum atomic E-state index is 12.7. The second kappa shape index (κ2) is 12.0. The Kier molecular flexibility index (Phi) is 8.76. The molecule has 3 heterocycles. The van der Waals surface area contributed by atoms with Gasteiger partial charge in [-0.15, -0.1) is 0 Å². The molecular weight excluding hydrogens is 609 g/mol. The second-order valence-corrected chi connectivity index (χ2v) is 10.2. The summed E-state index contributed by atoms with van der Waals surface area (Å²) in [6, 6.07) is 8.59. The van der Waals surface area contributed by atoms with E-state index in [1.165, 1.54) is 17.8 Å². The monoisotopic (exact) mass is 637 g/mol. The Morgan fingerprint density at radius 2 is 1.97 bits per heavy atom. The Balaban J connectivity index is 1.66. The molecule has 38 heavy (non-hydrogen) atoms. The van der Waals surface area contributed by atoms with Gasteiger partial charge in [-0.1, -0.05) is 54.6 Å². The minimum atomic E-state index is -0.903. The third-order valence-electron chi connectivity index (χ3n) is 6.10. The highest BCUT2D eigenvalue weighted by molar-refractivity contribution is 14.1. The van der Waals surface area contributed by atoms with E-state index in [1.54, 1.807) is 44.2 Å². The van der Waals surface area contributed by atoms with Crippen LogP contribution in [0.25, 0.3) is 11.2 Å². The van der Waals surface area contributed by atoms with E-state index in [1.807, 2.05) is 0 Å². The number of alkyl halides is 1. The molecule has 0 aliphatic carbocycles. The van der Waals surface area contributed by atoms with Crippen molar-refractivity contribution in [2.24, 2.45) is 11.8 Å². The molecule has 1 aromatic carbocycles. The van der Waals surface area contributed by atoms with Crippen LogP contribution in [-0.4, -0.2) is 60.6 Å². The van der Waals surface area contributed by atoms with Crippen LogP contribution < -0.4 is 10.9 Å². The number of hydrogen-bond acceptors (Lipinski definition) is 9. The number of nitrogens with one attached hydrogen (secondary N) is 2. The van der Waals surface area contributed by atoms with Crippen LogP contribution in [0.1, 0.15) is 43.8 Å². The Hall–Kier alpha value is -3.33. The number of H-pyrrole nitrogens is 1. The van der Waals surface area contributed by atoms with E-state index in [4.69, 9.17) is 14.2 Å². The maximum absolute atomic E-state index is 12.7. The van der Waals surface area contributed by atoms with Crippen LogP contribution in [0.15, 0.2) is 41.5 Å². The summed E-state index contributed by atoms with van der Waals surface area (Å²) in [5, 5.41) is 2.58. The van der Waals surface area contributed by atoms with E-state index >= 15 is 0 Å². The summed E-state index contributed by atoms with van der Waals surface area (Å²) in [7, 11) is 0. The van der Waals surface area contributed by atoms with Crippen molar-refractivity contribution in [2.75, 3.05) is 16.4 Å². The maximum Gasteiger partial charge on any atom is 0.338 e. The predicted octanol–water partition coefficient (Wildman–Crippen LogP) is 2.84. The van der Waals surface area contributed by atoms with Crippen molar-refractivity contribution in [3.63, 3.8) is 0 Å². The topological polar surface area (TPSA) is 154 Å². The third-order valence-corrected chi connectivity index (χ3v) is 6.72. The van der Waals surface area contributed by atoms with Crippen LogP contribution in [0.3, 0.4) is 0 Å². The number of imidazole rings is 1. The Labute approximate surface area is 231 Å². The predicted molar refractivity (Wildman–Crippen MR) is 145 cm³/mol. The molecule has 12 nitrogen and oxygen atoms in total. The third kappa shape index (κ3) is 6.04. The summed E-state index contributed by atoms with van der Waals surface area (Å²) in [6.07, 6.45) is -0.290. The minimum absolute atomic E-state index is 0.0297. The molecule has 2 aromatic heterocycles. The summed E-state index contributed by atoms with van der Waals surface area (Å²) in [4.78, 5) is 60.6. The van der Waals surface area contributed by atoms with Gasteiger partial charge in [0.25, 0.3) is 5.56 Å². The number of rotatable bonds is 9. The van der Waals surface area contributed by atoms with Gasteiger partial charge in [0.15, 0.2) is 23.5 Å². The molecular formula is C25H28IN5O7. The quantitative estimate of drug-likeness (QED) is 0.205. The number of benzene rings is 1. The molecule has 0 saturated carbocycles. The summed E-state index contributed by atoms with van der Waals surface area (Å²) in [5.41, 5.74) is 0.0308. The molecule has 3 aromatic rings. The zero-order valence-corrected chi connectivity index (χ0v) is 23.2. The van der Waals surface area contributed by atoms with E-state index < -0.39 is 35.9 Å². The van der Waals surface area contributed by atoms with Gasteiger partial charge in [-0.2, -0.15) is 4.98 Å². The Morgan fingerprint density at radius 3 is 2.63 bits per heavy atom. The average Bonchev–Trinajstić information content (AvgIpc) is 3.44. The van der Waals surface area contributed by atoms with Gasteiger partial charge in [0.1, 0.15) is 12.7 Å². The smallest absolute Gasteiger partial charge is 0.338 e. The number of halogens is 1. The molecule has 1 saturated heterocycles. The number of esters is 2. The molecule has 0 spiro atoms. The molecule has 1 aliphatic rings. The number of hydrogen-bond donors (Lipinski definition) is 2. The number of carbonyl (C=O) groups is 3. The van der Waals surface area contributed by atoms with Gasteiger partial charge in [-0.25, -0.2) is 9.78 Å². The molecule has 0 radical (unpaired) electrons. The molecule has 1 aliphatic heterocycles. The van der Waals surface area contributed by atoms with Crippen molar-refractivity contribution < 1.29 is 28.6 Å². The van der Waals surface area contributed by atoms with Gasteiger partial charge in [0, 0.05) is 23.2 Å². The highest BCUT2D eigenvalue weighted by atomic mass is 127. The molecule has 4 atom stereocenters. The Bertz CT molecular complexity index is 1370. The number of aromatic amines is 1. The first-order valence-electron chi connectivity index (χ1n) is 12.1. The van der Waals surface area contributed by atoms with Crippen LogP contribution in [0.2, 0.25) is 0 Å². The zero-order valence-electron chi connectivity index (χ0n) is 21.0. The lowest BCUT2D eigenvalue weighted by Gasteiger charge is -2.23. The van der Waals surface area contributed by atoms with Crippen LogP contribution in [0.5, 0.6) is 0 Å². The Morgan fingerprint density at radius 1 is 1.24 bits per heavy atom. The van der Waals surface area contributed by atoms with Crippen molar-refractivity contribution in [2.45, 2.75) is 45.6 Å². The van der Waals surface area contributed by atoms with E-state index in [2.05, 4.69) is 42.9 Å². The van der Waals surface area contributed by atoms with Gasteiger partial charge in [-0.05, 0) is 18.6 Å². The number of ether oxygens (including phenoxy) is 3. The van der Waals surface area contributed by atoms with Gasteiger partial charge in [-0.3, -0.25) is 29.3 Å². The number of aromatic nitrogens is 4.